The van der Waals surface area contributed by atoms with E-state index in [4.69, 9.17) is 13.3 Å². The Labute approximate surface area is 324 Å². The van der Waals surface area contributed by atoms with Crippen LogP contribution in [0.1, 0.15) is 19.3 Å². The zero-order chi connectivity index (χ0) is 37.3. The Morgan fingerprint density at radius 3 is 0.630 bits per heavy atom. The first-order valence-electron chi connectivity index (χ1n) is 18.8. The van der Waals surface area contributed by atoms with Gasteiger partial charge in [0.25, 0.3) is 25.0 Å². The summed E-state index contributed by atoms with van der Waals surface area (Å²) in [5.41, 5.74) is 6.27. The van der Waals surface area contributed by atoms with Gasteiger partial charge in [-0.25, -0.2) is 0 Å². The molecule has 6 aromatic carbocycles. The number of hydrogen-bond acceptors (Lipinski definition) is 3. The smallest absolute Gasteiger partial charge is 0.280 e. The van der Waals surface area contributed by atoms with E-state index in [2.05, 4.69) is 219 Å². The molecule has 3 nitrogen and oxygen atoms in total. The standard InChI is InChI=1S/C48H48O3Si3/c1-4-52(43-25-13-7-14-26-43,44-27-15-8-16-28-44)49-40-37-41(50-53(5-2,45-29-17-9-18-30-45)46-31-19-10-20-32-46)39-42(38-40)51-54(6-3,47-33-21-11-22-34-47)48-35-23-12-24-36-48/h4-36,40-42H,1-3,37-39H2. The number of hydrogen-bond donors (Lipinski definition) is 0. The number of rotatable bonds is 15. The average Bonchev–Trinajstić information content (AvgIpc) is 3.26. The third kappa shape index (κ3) is 7.55. The van der Waals surface area contributed by atoms with Crippen LogP contribution < -0.4 is 31.1 Å². The Morgan fingerprint density at radius 1 is 0.315 bits per heavy atom. The fourth-order valence-corrected chi connectivity index (χ4v) is 17.9. The average molecular weight is 757 g/mol. The minimum atomic E-state index is -2.92. The lowest BCUT2D eigenvalue weighted by atomic mass is 9.93. The van der Waals surface area contributed by atoms with Crippen molar-refractivity contribution >= 4 is 56.1 Å². The first-order valence-corrected chi connectivity index (χ1v) is 24.8. The van der Waals surface area contributed by atoms with Gasteiger partial charge < -0.3 is 13.3 Å². The summed E-state index contributed by atoms with van der Waals surface area (Å²) in [4.78, 5) is 0. The van der Waals surface area contributed by atoms with Gasteiger partial charge in [0.05, 0.1) is 18.3 Å². The van der Waals surface area contributed by atoms with Crippen LogP contribution >= 0.6 is 0 Å². The zero-order valence-corrected chi connectivity index (χ0v) is 33.8. The van der Waals surface area contributed by atoms with E-state index in [-0.39, 0.29) is 18.3 Å². The van der Waals surface area contributed by atoms with Gasteiger partial charge >= 0.3 is 0 Å². The maximum Gasteiger partial charge on any atom is 0.280 e. The Balaban J connectivity index is 1.34. The van der Waals surface area contributed by atoms with Crippen LogP contribution in [0.4, 0.5) is 0 Å². The molecule has 0 unspecified atom stereocenters. The van der Waals surface area contributed by atoms with Gasteiger partial charge in [-0.15, -0.1) is 19.7 Å². The van der Waals surface area contributed by atoms with E-state index >= 15 is 0 Å². The molecule has 54 heavy (non-hydrogen) atoms. The van der Waals surface area contributed by atoms with Gasteiger partial charge in [0.15, 0.2) is 0 Å². The van der Waals surface area contributed by atoms with Crippen molar-refractivity contribution in [1.29, 1.82) is 0 Å². The molecule has 0 aromatic heterocycles. The van der Waals surface area contributed by atoms with Crippen molar-refractivity contribution in [3.05, 3.63) is 219 Å². The van der Waals surface area contributed by atoms with Crippen molar-refractivity contribution < 1.29 is 13.3 Å². The van der Waals surface area contributed by atoms with E-state index in [1.165, 1.54) is 31.1 Å². The van der Waals surface area contributed by atoms with E-state index in [9.17, 15) is 0 Å². The summed E-state index contributed by atoms with van der Waals surface area (Å²) in [6.07, 6.45) is 1.61. The monoisotopic (exact) mass is 756 g/mol. The SMILES string of the molecule is C=C[Si](OC1CC(O[Si](C=C)(c2ccccc2)c2ccccc2)CC(O[Si](C=C)(c2ccccc2)c2ccccc2)C1)(c1ccccc1)c1ccccc1. The van der Waals surface area contributed by atoms with Crippen LogP contribution in [-0.2, 0) is 13.3 Å². The zero-order valence-electron chi connectivity index (χ0n) is 30.8. The highest BCUT2D eigenvalue weighted by Crippen LogP contribution is 2.33. The lowest BCUT2D eigenvalue weighted by Crippen LogP contribution is -2.65. The van der Waals surface area contributed by atoms with Crippen LogP contribution in [0.15, 0.2) is 219 Å². The van der Waals surface area contributed by atoms with Crippen molar-refractivity contribution in [1.82, 2.24) is 0 Å². The first-order chi connectivity index (χ1) is 26.5. The van der Waals surface area contributed by atoms with Crippen molar-refractivity contribution in [2.24, 2.45) is 0 Å². The normalized spacial score (nSPS) is 17.7. The minimum Gasteiger partial charge on any atom is -0.401 e. The molecule has 1 fully saturated rings. The van der Waals surface area contributed by atoms with Gasteiger partial charge in [-0.05, 0) is 50.4 Å². The van der Waals surface area contributed by atoms with E-state index < -0.39 is 25.0 Å². The van der Waals surface area contributed by atoms with Crippen molar-refractivity contribution in [2.75, 3.05) is 0 Å². The molecule has 7 rings (SSSR count). The lowest BCUT2D eigenvalue weighted by Gasteiger charge is -2.45. The molecule has 0 heterocycles. The molecule has 1 saturated carbocycles. The second-order valence-corrected chi connectivity index (χ2v) is 23.8. The second kappa shape index (κ2) is 17.0. The Morgan fingerprint density at radius 2 is 0.481 bits per heavy atom. The van der Waals surface area contributed by atoms with E-state index in [0.717, 1.165) is 0 Å². The van der Waals surface area contributed by atoms with Crippen LogP contribution in [0.25, 0.3) is 0 Å². The van der Waals surface area contributed by atoms with Crippen LogP contribution in [0.2, 0.25) is 0 Å². The Bertz CT molecular complexity index is 1730. The summed E-state index contributed by atoms with van der Waals surface area (Å²) in [6.45, 7) is 13.4. The molecular weight excluding hydrogens is 709 g/mol. The third-order valence-electron chi connectivity index (χ3n) is 10.7. The molecule has 0 saturated heterocycles. The van der Waals surface area contributed by atoms with E-state index in [0.29, 0.717) is 19.3 Å². The highest BCUT2D eigenvalue weighted by molar-refractivity contribution is 7.02. The third-order valence-corrected chi connectivity index (χ3v) is 21.7. The molecule has 1 aliphatic carbocycles. The van der Waals surface area contributed by atoms with Gasteiger partial charge in [-0.1, -0.05) is 199 Å². The molecule has 6 aromatic rings. The van der Waals surface area contributed by atoms with Gasteiger partial charge in [-0.2, -0.15) is 0 Å². The van der Waals surface area contributed by atoms with Crippen molar-refractivity contribution in [3.8, 4) is 0 Å². The lowest BCUT2D eigenvalue weighted by molar-refractivity contribution is 0.00104. The summed E-state index contributed by atoms with van der Waals surface area (Å²) in [6, 6.07) is 63.8. The molecule has 1 aliphatic rings. The van der Waals surface area contributed by atoms with Crippen LogP contribution in [0, 0.1) is 0 Å². The quantitative estimate of drug-likeness (QED) is 0.108. The van der Waals surface area contributed by atoms with Gasteiger partial charge in [0.1, 0.15) is 0 Å². The van der Waals surface area contributed by atoms with Gasteiger partial charge in [0, 0.05) is 0 Å². The Kier molecular flexibility index (Phi) is 11.8. The molecule has 270 valence electrons. The highest BCUT2D eigenvalue weighted by Gasteiger charge is 2.47. The summed E-state index contributed by atoms with van der Waals surface area (Å²) < 4.78 is 22.9. The predicted molar refractivity (Wildman–Crippen MR) is 233 cm³/mol. The van der Waals surface area contributed by atoms with Gasteiger partial charge in [0.2, 0.25) is 0 Å². The van der Waals surface area contributed by atoms with E-state index in [1.807, 2.05) is 0 Å². The summed E-state index contributed by atoms with van der Waals surface area (Å²) >= 11 is 0. The molecule has 6 heteroatoms. The summed E-state index contributed by atoms with van der Waals surface area (Å²) in [5.74, 6) is 0. The van der Waals surface area contributed by atoms with Crippen molar-refractivity contribution in [2.45, 2.75) is 37.6 Å². The molecule has 0 amide bonds. The topological polar surface area (TPSA) is 27.7 Å². The maximum atomic E-state index is 7.62. The first kappa shape index (κ1) is 37.4. The molecule has 0 spiro atoms. The highest BCUT2D eigenvalue weighted by atomic mass is 28.4. The predicted octanol–water partition coefficient (Wildman–Crippen LogP) is 6.78. The molecule has 0 aliphatic heterocycles. The van der Waals surface area contributed by atoms with Crippen molar-refractivity contribution in [3.63, 3.8) is 0 Å². The molecule has 0 atom stereocenters. The summed E-state index contributed by atoms with van der Waals surface area (Å²) in [5, 5.41) is 6.99. The minimum absolute atomic E-state index is 0.176. The number of benzene rings is 6. The largest absolute Gasteiger partial charge is 0.401 e. The van der Waals surface area contributed by atoms with E-state index in [1.54, 1.807) is 0 Å². The molecule has 0 N–H and O–H groups in total. The second-order valence-electron chi connectivity index (χ2n) is 13.9. The molecule has 0 radical (unpaired) electrons. The van der Waals surface area contributed by atoms with Crippen LogP contribution in [0.5, 0.6) is 0 Å². The fourth-order valence-electron chi connectivity index (χ4n) is 8.12. The van der Waals surface area contributed by atoms with Crippen LogP contribution in [0.3, 0.4) is 0 Å². The molecule has 0 bridgehead atoms. The summed E-state index contributed by atoms with van der Waals surface area (Å²) in [7, 11) is -8.77. The van der Waals surface area contributed by atoms with Gasteiger partial charge in [-0.3, -0.25) is 0 Å². The maximum absolute atomic E-state index is 7.62. The Hall–Kier alpha value is -4.93. The molecular formula is C48H48O3Si3. The fraction of sp³-hybridized carbons (Fsp3) is 0.125. The van der Waals surface area contributed by atoms with Crippen LogP contribution in [-0.4, -0.2) is 43.3 Å².